The van der Waals surface area contributed by atoms with Crippen molar-refractivity contribution < 1.29 is 9.21 Å². The molecule has 3 atom stereocenters. The van der Waals surface area contributed by atoms with Gasteiger partial charge in [-0.15, -0.1) is 24.8 Å². The Morgan fingerprint density at radius 1 is 1.41 bits per heavy atom. The van der Waals surface area contributed by atoms with Gasteiger partial charge in [-0.1, -0.05) is 0 Å². The maximum Gasteiger partial charge on any atom is 0.270 e. The van der Waals surface area contributed by atoms with Gasteiger partial charge in [0.05, 0.1) is 12.5 Å². The Morgan fingerprint density at radius 3 is 2.91 bits per heavy atom. The highest BCUT2D eigenvalue weighted by Gasteiger charge is 2.39. The summed E-state index contributed by atoms with van der Waals surface area (Å²) in [5.74, 6) is -0.0909. The number of rotatable bonds is 2. The molecule has 0 aromatic carbocycles. The van der Waals surface area contributed by atoms with Crippen LogP contribution in [0.4, 0.5) is 0 Å². The number of aromatic nitrogens is 1. The number of nitrogens with zero attached hydrogens (tertiary/aromatic N) is 1. The van der Waals surface area contributed by atoms with Gasteiger partial charge >= 0.3 is 0 Å². The topological polar surface area (TPSA) is 67.2 Å². The second-order valence-corrected chi connectivity index (χ2v) is 5.85. The molecule has 0 spiro atoms. The van der Waals surface area contributed by atoms with Gasteiger partial charge in [-0.05, 0) is 37.8 Å². The second kappa shape index (κ2) is 6.44. The minimum Gasteiger partial charge on any atom is -0.462 e. The molecule has 7 heteroatoms. The van der Waals surface area contributed by atoms with Gasteiger partial charge in [0, 0.05) is 23.5 Å². The van der Waals surface area contributed by atoms with Crippen molar-refractivity contribution in [1.29, 1.82) is 0 Å². The lowest BCUT2D eigenvalue weighted by Crippen LogP contribution is -2.43. The summed E-state index contributed by atoms with van der Waals surface area (Å²) in [6.07, 6.45) is 6.73. The lowest BCUT2D eigenvalue weighted by molar-refractivity contribution is 0.0926. The van der Waals surface area contributed by atoms with E-state index in [2.05, 4.69) is 15.6 Å². The zero-order chi connectivity index (χ0) is 13.7. The molecule has 0 saturated carbocycles. The summed E-state index contributed by atoms with van der Waals surface area (Å²) in [5, 5.41) is 7.58. The Bertz CT molecular complexity index is 688. The fourth-order valence-corrected chi connectivity index (χ4v) is 3.41. The third kappa shape index (κ3) is 2.81. The molecule has 2 saturated heterocycles. The Morgan fingerprint density at radius 2 is 2.23 bits per heavy atom. The molecule has 1 amide bonds. The predicted octanol–water partition coefficient (Wildman–Crippen LogP) is 2.60. The number of pyridine rings is 1. The Balaban J connectivity index is 0.000000882. The summed E-state index contributed by atoms with van der Waals surface area (Å²) in [5.41, 5.74) is 2.21. The molecule has 4 rings (SSSR count). The average Bonchev–Trinajstić information content (AvgIpc) is 3.15. The van der Waals surface area contributed by atoms with Gasteiger partial charge in [-0.3, -0.25) is 4.79 Å². The number of furan rings is 1. The molecule has 120 valence electrons. The van der Waals surface area contributed by atoms with Crippen molar-refractivity contribution in [2.24, 2.45) is 0 Å². The monoisotopic (exact) mass is 343 g/mol. The molecule has 2 aliphatic heterocycles. The smallest absolute Gasteiger partial charge is 0.270 e. The normalized spacial score (nSPS) is 25.6. The first kappa shape index (κ1) is 17.1. The molecule has 0 radical (unpaired) electrons. The van der Waals surface area contributed by atoms with E-state index in [0.717, 1.165) is 29.4 Å². The zero-order valence-corrected chi connectivity index (χ0v) is 13.8. The number of carbonyl (C=O) groups is 1. The minimum atomic E-state index is -0.0909. The zero-order valence-electron chi connectivity index (χ0n) is 12.2. The third-order valence-electron chi connectivity index (χ3n) is 4.50. The highest BCUT2D eigenvalue weighted by molar-refractivity contribution is 5.96. The van der Waals surface area contributed by atoms with Crippen molar-refractivity contribution in [2.45, 2.75) is 44.3 Å². The minimum absolute atomic E-state index is 0. The van der Waals surface area contributed by atoms with Crippen LogP contribution in [0.1, 0.15) is 35.3 Å². The van der Waals surface area contributed by atoms with Gasteiger partial charge in [-0.2, -0.15) is 0 Å². The van der Waals surface area contributed by atoms with Crippen LogP contribution in [0.3, 0.4) is 0 Å². The maximum absolute atomic E-state index is 12.3. The molecule has 2 fully saturated rings. The van der Waals surface area contributed by atoms with E-state index >= 15 is 0 Å². The predicted molar refractivity (Wildman–Crippen MR) is 89.1 cm³/mol. The number of hydrogen-bond donors (Lipinski definition) is 2. The summed E-state index contributed by atoms with van der Waals surface area (Å²) in [4.78, 5) is 16.5. The molecule has 2 bridgehead atoms. The fraction of sp³-hybridized carbons (Fsp3) is 0.467. The van der Waals surface area contributed by atoms with E-state index < -0.39 is 0 Å². The summed E-state index contributed by atoms with van der Waals surface area (Å²) >= 11 is 0. The van der Waals surface area contributed by atoms with E-state index in [0.29, 0.717) is 17.8 Å². The number of halogens is 2. The molecule has 2 aromatic heterocycles. The number of hydrogen-bond acceptors (Lipinski definition) is 4. The van der Waals surface area contributed by atoms with Crippen molar-refractivity contribution in [3.8, 4) is 0 Å². The first-order valence-corrected chi connectivity index (χ1v) is 7.11. The van der Waals surface area contributed by atoms with Crippen LogP contribution in [-0.4, -0.2) is 29.0 Å². The molecule has 2 aromatic rings. The van der Waals surface area contributed by atoms with Crippen LogP contribution >= 0.6 is 24.8 Å². The standard InChI is InChI=1S/C15H17N3O2.2ClH/c1-8-7-20-14-6-16-13(5-10(8)14)15(19)18-12-4-9-2-3-11(12)17-9;;/h5-7,9,11-12,17H,2-4H2,1H3,(H,18,19);2*1H/t9-,11+,12-;;/m1../s1. The highest BCUT2D eigenvalue weighted by atomic mass is 35.5. The van der Waals surface area contributed by atoms with Crippen molar-refractivity contribution >= 4 is 41.7 Å². The SMILES string of the molecule is Cc1coc2cnc(C(=O)N[C@@H]3C[C@H]4CC[C@@H]3N4)cc12.Cl.Cl. The van der Waals surface area contributed by atoms with Crippen LogP contribution in [-0.2, 0) is 0 Å². The van der Waals surface area contributed by atoms with Crippen LogP contribution < -0.4 is 10.6 Å². The summed E-state index contributed by atoms with van der Waals surface area (Å²) < 4.78 is 5.35. The molecule has 4 heterocycles. The van der Waals surface area contributed by atoms with Crippen LogP contribution in [0, 0.1) is 6.92 Å². The molecule has 0 aliphatic carbocycles. The van der Waals surface area contributed by atoms with Gasteiger partial charge in [-0.25, -0.2) is 4.98 Å². The largest absolute Gasteiger partial charge is 0.462 e. The van der Waals surface area contributed by atoms with E-state index in [1.165, 1.54) is 6.42 Å². The first-order chi connectivity index (χ1) is 9.70. The molecule has 22 heavy (non-hydrogen) atoms. The quantitative estimate of drug-likeness (QED) is 0.879. The maximum atomic E-state index is 12.3. The van der Waals surface area contributed by atoms with Crippen molar-refractivity contribution in [2.75, 3.05) is 0 Å². The van der Waals surface area contributed by atoms with Crippen molar-refractivity contribution in [3.05, 3.63) is 29.8 Å². The lowest BCUT2D eigenvalue weighted by atomic mass is 9.95. The van der Waals surface area contributed by atoms with Crippen LogP contribution in [0.2, 0.25) is 0 Å². The Hall–Kier alpha value is -1.30. The van der Waals surface area contributed by atoms with Gasteiger partial charge in [0.25, 0.3) is 5.91 Å². The molecule has 2 N–H and O–H groups in total. The Kier molecular flexibility index (Phi) is 5.00. The number of fused-ring (bicyclic) bond motifs is 3. The fourth-order valence-electron chi connectivity index (χ4n) is 3.41. The van der Waals surface area contributed by atoms with E-state index in [4.69, 9.17) is 4.42 Å². The molecular formula is C15H19Cl2N3O2. The molecule has 2 aliphatic rings. The average molecular weight is 344 g/mol. The summed E-state index contributed by atoms with van der Waals surface area (Å²) in [7, 11) is 0. The molecule has 5 nitrogen and oxygen atoms in total. The summed E-state index contributed by atoms with van der Waals surface area (Å²) in [6, 6.07) is 3.06. The number of amides is 1. The first-order valence-electron chi connectivity index (χ1n) is 7.11. The van der Waals surface area contributed by atoms with Crippen molar-refractivity contribution in [3.63, 3.8) is 0 Å². The number of nitrogens with one attached hydrogen (secondary N) is 2. The van der Waals surface area contributed by atoms with Gasteiger partial charge < -0.3 is 15.1 Å². The highest BCUT2D eigenvalue weighted by Crippen LogP contribution is 2.28. The van der Waals surface area contributed by atoms with Crippen LogP contribution in [0.15, 0.2) is 22.9 Å². The molecule has 0 unspecified atom stereocenters. The van der Waals surface area contributed by atoms with Gasteiger partial charge in [0.15, 0.2) is 5.58 Å². The van der Waals surface area contributed by atoms with Gasteiger partial charge in [0.2, 0.25) is 0 Å². The van der Waals surface area contributed by atoms with Gasteiger partial charge in [0.1, 0.15) is 5.69 Å². The van der Waals surface area contributed by atoms with E-state index in [1.807, 2.05) is 13.0 Å². The lowest BCUT2D eigenvalue weighted by Gasteiger charge is -2.21. The van der Waals surface area contributed by atoms with Crippen molar-refractivity contribution in [1.82, 2.24) is 15.6 Å². The molecular weight excluding hydrogens is 325 g/mol. The van der Waals surface area contributed by atoms with E-state index in [9.17, 15) is 4.79 Å². The summed E-state index contributed by atoms with van der Waals surface area (Å²) in [6.45, 7) is 1.97. The third-order valence-corrected chi connectivity index (χ3v) is 4.50. The second-order valence-electron chi connectivity index (χ2n) is 5.85. The number of aryl methyl sites for hydroxylation is 1. The number of carbonyl (C=O) groups excluding carboxylic acids is 1. The van der Waals surface area contributed by atoms with E-state index in [-0.39, 0.29) is 36.8 Å². The van der Waals surface area contributed by atoms with Crippen LogP contribution in [0.5, 0.6) is 0 Å². The van der Waals surface area contributed by atoms with E-state index in [1.54, 1.807) is 12.5 Å². The Labute approximate surface area is 141 Å². The van der Waals surface area contributed by atoms with Crippen LogP contribution in [0.25, 0.3) is 11.0 Å².